The van der Waals surface area contributed by atoms with Crippen molar-refractivity contribution in [3.8, 4) is 50.2 Å². The van der Waals surface area contributed by atoms with Crippen LogP contribution in [-0.2, 0) is 5.41 Å². The molecule has 0 saturated carbocycles. The number of benzene rings is 12. The van der Waals surface area contributed by atoms with Crippen LogP contribution in [0, 0.1) is 0 Å². The molecule has 0 amide bonds. The number of aromatic nitrogens is 1. The van der Waals surface area contributed by atoms with Crippen LogP contribution in [0.5, 0.6) is 0 Å². The van der Waals surface area contributed by atoms with Gasteiger partial charge in [0.2, 0.25) is 0 Å². The Bertz CT molecular complexity index is 4080. The zero-order chi connectivity index (χ0) is 48.3. The molecular formula is C71H48N2. The Morgan fingerprint density at radius 2 is 0.753 bits per heavy atom. The summed E-state index contributed by atoms with van der Waals surface area (Å²) in [4.78, 5) is 2.53. The van der Waals surface area contributed by atoms with Crippen molar-refractivity contribution in [2.75, 3.05) is 4.90 Å². The second kappa shape index (κ2) is 17.4. The van der Waals surface area contributed by atoms with Gasteiger partial charge >= 0.3 is 0 Å². The highest BCUT2D eigenvalue weighted by Gasteiger charge is 2.47. The van der Waals surface area contributed by atoms with Crippen molar-refractivity contribution >= 4 is 49.6 Å². The molecule has 1 aliphatic rings. The van der Waals surface area contributed by atoms with Gasteiger partial charge in [-0.2, -0.15) is 0 Å². The molecule has 1 aliphatic carbocycles. The first kappa shape index (κ1) is 42.4. The van der Waals surface area contributed by atoms with Crippen molar-refractivity contribution in [1.82, 2.24) is 4.57 Å². The molecule has 1 heterocycles. The van der Waals surface area contributed by atoms with Gasteiger partial charge in [-0.05, 0) is 121 Å². The maximum atomic E-state index is 2.53. The quantitative estimate of drug-likeness (QED) is 0.140. The summed E-state index contributed by atoms with van der Waals surface area (Å²) >= 11 is 0. The Kier molecular flexibility index (Phi) is 10.1. The minimum atomic E-state index is -0.629. The van der Waals surface area contributed by atoms with Crippen molar-refractivity contribution in [2.24, 2.45) is 0 Å². The third-order valence-corrected chi connectivity index (χ3v) is 15.3. The highest BCUT2D eigenvalue weighted by atomic mass is 15.1. The van der Waals surface area contributed by atoms with Crippen molar-refractivity contribution in [1.29, 1.82) is 0 Å². The molecule has 13 aromatic rings. The van der Waals surface area contributed by atoms with Gasteiger partial charge in [0.1, 0.15) is 0 Å². The molecule has 1 aromatic heterocycles. The molecule has 12 aromatic carbocycles. The standard InChI is InChI=1S/C71H48N2/c1-3-21-51(22-4-1)56-32-19-23-52-24-20-33-62(70(52)56)61-31-11-17-39-68(61)73(55-47-43-50(44-48-55)49-41-45-54(46-42-49)72-66-37-15-9-29-59(66)60-30-10-16-38-67(60)72)69-40-18-14-36-65(69)71(53-25-5-2-6-26-53)63-34-12-7-27-57(63)58-28-8-13-35-64(58)71/h1-48H. The van der Waals surface area contributed by atoms with Gasteiger partial charge in [-0.15, -0.1) is 0 Å². The molecule has 14 rings (SSSR count). The molecule has 0 spiro atoms. The van der Waals surface area contributed by atoms with E-state index in [1.54, 1.807) is 0 Å². The van der Waals surface area contributed by atoms with E-state index >= 15 is 0 Å². The Balaban J connectivity index is 0.981. The molecule has 0 unspecified atom stereocenters. The molecule has 0 aliphatic heterocycles. The Labute approximate surface area is 426 Å². The average molecular weight is 929 g/mol. The fraction of sp³-hybridized carbons (Fsp3) is 0.0141. The molecule has 2 nitrogen and oxygen atoms in total. The van der Waals surface area contributed by atoms with Gasteiger partial charge in [0, 0.05) is 27.7 Å². The zero-order valence-electron chi connectivity index (χ0n) is 40.1. The topological polar surface area (TPSA) is 8.17 Å². The smallest absolute Gasteiger partial charge is 0.0733 e. The monoisotopic (exact) mass is 928 g/mol. The molecule has 0 atom stereocenters. The maximum Gasteiger partial charge on any atom is 0.0733 e. The van der Waals surface area contributed by atoms with E-state index in [4.69, 9.17) is 0 Å². The largest absolute Gasteiger partial charge is 0.310 e. The molecule has 0 bridgehead atoms. The van der Waals surface area contributed by atoms with E-state index in [-0.39, 0.29) is 0 Å². The molecule has 2 heteroatoms. The third-order valence-electron chi connectivity index (χ3n) is 15.3. The average Bonchev–Trinajstić information content (AvgIpc) is 3.97. The van der Waals surface area contributed by atoms with E-state index < -0.39 is 5.41 Å². The number of nitrogens with zero attached hydrogens (tertiary/aromatic N) is 2. The zero-order valence-corrected chi connectivity index (χ0v) is 40.1. The van der Waals surface area contributed by atoms with Crippen LogP contribution in [0.2, 0.25) is 0 Å². The number of anilines is 3. The van der Waals surface area contributed by atoms with E-state index in [1.165, 1.54) is 82.6 Å². The highest BCUT2D eigenvalue weighted by molar-refractivity contribution is 6.10. The van der Waals surface area contributed by atoms with Gasteiger partial charge in [0.25, 0.3) is 0 Å². The lowest BCUT2D eigenvalue weighted by Crippen LogP contribution is -2.30. The van der Waals surface area contributed by atoms with Gasteiger partial charge in [0.15, 0.2) is 0 Å². The minimum absolute atomic E-state index is 0.629. The number of hydrogen-bond acceptors (Lipinski definition) is 1. The van der Waals surface area contributed by atoms with Crippen LogP contribution in [0.4, 0.5) is 17.1 Å². The summed E-state index contributed by atoms with van der Waals surface area (Å²) in [6.07, 6.45) is 0. The SMILES string of the molecule is c1ccc(-c2cccc3cccc(-c4ccccc4N(c4ccc(-c5ccc(-n6c7ccccc7c7ccccc76)cc5)cc4)c4ccccc4C4(c5ccccc5)c5ccccc5-c5ccccc54)c23)cc1. The molecule has 0 radical (unpaired) electrons. The lowest BCUT2D eigenvalue weighted by atomic mass is 9.67. The van der Waals surface area contributed by atoms with Gasteiger partial charge in [-0.25, -0.2) is 0 Å². The van der Waals surface area contributed by atoms with Gasteiger partial charge in [-0.1, -0.05) is 243 Å². The predicted molar refractivity (Wildman–Crippen MR) is 307 cm³/mol. The molecule has 342 valence electrons. The van der Waals surface area contributed by atoms with Gasteiger partial charge < -0.3 is 9.47 Å². The van der Waals surface area contributed by atoms with E-state index in [0.717, 1.165) is 39.4 Å². The number of hydrogen-bond donors (Lipinski definition) is 0. The van der Waals surface area contributed by atoms with E-state index in [9.17, 15) is 0 Å². The second-order valence-electron chi connectivity index (χ2n) is 19.1. The Hall–Kier alpha value is -9.50. The summed E-state index contributed by atoms with van der Waals surface area (Å²) in [6.45, 7) is 0. The van der Waals surface area contributed by atoms with Crippen molar-refractivity contribution in [3.63, 3.8) is 0 Å². The van der Waals surface area contributed by atoms with Crippen LogP contribution >= 0.6 is 0 Å². The van der Waals surface area contributed by atoms with Crippen molar-refractivity contribution in [3.05, 3.63) is 313 Å². The van der Waals surface area contributed by atoms with Gasteiger partial charge in [-0.3, -0.25) is 0 Å². The fourth-order valence-corrected chi connectivity index (χ4v) is 12.2. The number of fused-ring (bicyclic) bond motifs is 7. The molecule has 0 saturated heterocycles. The normalized spacial score (nSPS) is 12.5. The summed E-state index contributed by atoms with van der Waals surface area (Å²) < 4.78 is 2.38. The van der Waals surface area contributed by atoms with E-state index in [0.29, 0.717) is 0 Å². The summed E-state index contributed by atoms with van der Waals surface area (Å²) in [6, 6.07) is 107. The molecular weight excluding hydrogens is 881 g/mol. The van der Waals surface area contributed by atoms with Crippen LogP contribution in [0.15, 0.2) is 291 Å². The van der Waals surface area contributed by atoms with Crippen molar-refractivity contribution < 1.29 is 0 Å². The van der Waals surface area contributed by atoms with Crippen LogP contribution in [0.3, 0.4) is 0 Å². The lowest BCUT2D eigenvalue weighted by molar-refractivity contribution is 0.768. The minimum Gasteiger partial charge on any atom is -0.310 e. The molecule has 73 heavy (non-hydrogen) atoms. The highest BCUT2D eigenvalue weighted by Crippen LogP contribution is 2.59. The van der Waals surface area contributed by atoms with E-state index in [2.05, 4.69) is 301 Å². The van der Waals surface area contributed by atoms with Crippen LogP contribution < -0.4 is 4.90 Å². The van der Waals surface area contributed by atoms with E-state index in [1.807, 2.05) is 0 Å². The predicted octanol–water partition coefficient (Wildman–Crippen LogP) is 18.8. The summed E-state index contributed by atoms with van der Waals surface area (Å²) in [5.74, 6) is 0. The first-order valence-corrected chi connectivity index (χ1v) is 25.3. The molecule has 0 N–H and O–H groups in total. The third kappa shape index (κ3) is 6.72. The summed E-state index contributed by atoms with van der Waals surface area (Å²) in [5, 5.41) is 4.96. The van der Waals surface area contributed by atoms with Crippen molar-refractivity contribution in [2.45, 2.75) is 5.41 Å². The van der Waals surface area contributed by atoms with Crippen LogP contribution in [0.25, 0.3) is 82.8 Å². The molecule has 0 fully saturated rings. The Morgan fingerprint density at radius 1 is 0.288 bits per heavy atom. The number of para-hydroxylation sites is 4. The second-order valence-corrected chi connectivity index (χ2v) is 19.1. The van der Waals surface area contributed by atoms with Crippen LogP contribution in [-0.4, -0.2) is 4.57 Å². The fourth-order valence-electron chi connectivity index (χ4n) is 12.2. The Morgan fingerprint density at radius 3 is 1.38 bits per heavy atom. The maximum absolute atomic E-state index is 2.53. The lowest BCUT2D eigenvalue weighted by Gasteiger charge is -2.38. The first-order valence-electron chi connectivity index (χ1n) is 25.3. The number of rotatable bonds is 9. The summed E-state index contributed by atoms with van der Waals surface area (Å²) in [5.41, 5.74) is 20.8. The van der Waals surface area contributed by atoms with Crippen LogP contribution in [0.1, 0.15) is 22.3 Å². The summed E-state index contributed by atoms with van der Waals surface area (Å²) in [7, 11) is 0. The van der Waals surface area contributed by atoms with Gasteiger partial charge in [0.05, 0.1) is 27.8 Å². The first-order chi connectivity index (χ1) is 36.3.